The van der Waals surface area contributed by atoms with E-state index in [4.69, 9.17) is 4.74 Å². The number of ether oxygens (including phenoxy) is 1. The van der Waals surface area contributed by atoms with Crippen molar-refractivity contribution >= 4 is 0 Å². The molecule has 2 bridgehead atoms. The van der Waals surface area contributed by atoms with E-state index < -0.39 is 0 Å². The van der Waals surface area contributed by atoms with Crippen molar-refractivity contribution in [3.05, 3.63) is 0 Å². The molecule has 1 N–H and O–H groups in total. The van der Waals surface area contributed by atoms with Gasteiger partial charge in [0.2, 0.25) is 0 Å². The normalized spacial score (nSPS) is 39.2. The van der Waals surface area contributed by atoms with Gasteiger partial charge in [-0.1, -0.05) is 13.3 Å². The van der Waals surface area contributed by atoms with Crippen molar-refractivity contribution in [2.45, 2.75) is 82.5 Å². The second-order valence-corrected chi connectivity index (χ2v) is 6.98. The first-order valence-electron chi connectivity index (χ1n) is 8.32. The molecule has 0 amide bonds. The van der Waals surface area contributed by atoms with Gasteiger partial charge in [-0.15, -0.1) is 0 Å². The molecule has 2 atom stereocenters. The SMILES string of the molecule is CCNC1CC2CCCC(C1)N2C1(C)CCOCC1. The molecule has 0 spiro atoms. The lowest BCUT2D eigenvalue weighted by molar-refractivity contribution is -0.0985. The van der Waals surface area contributed by atoms with Crippen LogP contribution < -0.4 is 5.32 Å². The summed E-state index contributed by atoms with van der Waals surface area (Å²) in [6.45, 7) is 7.78. The lowest BCUT2D eigenvalue weighted by Gasteiger charge is -2.58. The van der Waals surface area contributed by atoms with Crippen molar-refractivity contribution in [3.63, 3.8) is 0 Å². The van der Waals surface area contributed by atoms with Crippen molar-refractivity contribution in [2.75, 3.05) is 19.8 Å². The van der Waals surface area contributed by atoms with Gasteiger partial charge in [0.1, 0.15) is 0 Å². The second kappa shape index (κ2) is 5.71. The summed E-state index contributed by atoms with van der Waals surface area (Å²) in [7, 11) is 0. The molecule has 3 heterocycles. The smallest absolute Gasteiger partial charge is 0.0483 e. The molecular formula is C16H30N2O. The molecule has 0 aliphatic carbocycles. The summed E-state index contributed by atoms with van der Waals surface area (Å²) in [6.07, 6.45) is 9.44. The minimum absolute atomic E-state index is 0.408. The van der Waals surface area contributed by atoms with Crippen molar-refractivity contribution in [3.8, 4) is 0 Å². The fraction of sp³-hybridized carbons (Fsp3) is 1.00. The number of nitrogens with zero attached hydrogens (tertiary/aromatic N) is 1. The van der Waals surface area contributed by atoms with Crippen molar-refractivity contribution < 1.29 is 4.74 Å². The zero-order chi connectivity index (χ0) is 13.3. The van der Waals surface area contributed by atoms with Gasteiger partial charge in [-0.05, 0) is 52.0 Å². The second-order valence-electron chi connectivity index (χ2n) is 6.98. The maximum Gasteiger partial charge on any atom is 0.0483 e. The summed E-state index contributed by atoms with van der Waals surface area (Å²) in [4.78, 5) is 2.92. The summed E-state index contributed by atoms with van der Waals surface area (Å²) in [5.41, 5.74) is 0.408. The van der Waals surface area contributed by atoms with Crippen LogP contribution in [0.1, 0.15) is 58.8 Å². The van der Waals surface area contributed by atoms with E-state index in [-0.39, 0.29) is 0 Å². The van der Waals surface area contributed by atoms with E-state index in [0.717, 1.165) is 37.9 Å². The highest BCUT2D eigenvalue weighted by Crippen LogP contribution is 2.42. The number of nitrogens with one attached hydrogen (secondary N) is 1. The molecule has 110 valence electrons. The van der Waals surface area contributed by atoms with Crippen LogP contribution in [0, 0.1) is 0 Å². The van der Waals surface area contributed by atoms with E-state index in [9.17, 15) is 0 Å². The molecule has 3 saturated heterocycles. The van der Waals surface area contributed by atoms with Crippen LogP contribution in [0.5, 0.6) is 0 Å². The molecule has 3 nitrogen and oxygen atoms in total. The maximum absolute atomic E-state index is 5.60. The number of fused-ring (bicyclic) bond motifs is 2. The number of rotatable bonds is 3. The first kappa shape index (κ1) is 13.8. The first-order chi connectivity index (χ1) is 9.23. The minimum atomic E-state index is 0.408. The predicted octanol–water partition coefficient (Wildman–Crippen LogP) is 2.55. The third-order valence-electron chi connectivity index (χ3n) is 5.66. The fourth-order valence-electron chi connectivity index (χ4n) is 4.79. The average molecular weight is 266 g/mol. The maximum atomic E-state index is 5.60. The molecule has 3 fully saturated rings. The number of hydrogen-bond donors (Lipinski definition) is 1. The molecule has 3 heteroatoms. The van der Waals surface area contributed by atoms with Crippen molar-refractivity contribution in [2.24, 2.45) is 0 Å². The highest BCUT2D eigenvalue weighted by molar-refractivity contribution is 5.03. The molecule has 0 saturated carbocycles. The predicted molar refractivity (Wildman–Crippen MR) is 78.4 cm³/mol. The largest absolute Gasteiger partial charge is 0.381 e. The van der Waals surface area contributed by atoms with Gasteiger partial charge in [-0.2, -0.15) is 0 Å². The Balaban J connectivity index is 1.74. The third kappa shape index (κ3) is 2.70. The van der Waals surface area contributed by atoms with E-state index in [1.54, 1.807) is 0 Å². The van der Waals surface area contributed by atoms with Gasteiger partial charge in [0.05, 0.1) is 0 Å². The molecular weight excluding hydrogens is 236 g/mol. The zero-order valence-corrected chi connectivity index (χ0v) is 12.7. The third-order valence-corrected chi connectivity index (χ3v) is 5.66. The van der Waals surface area contributed by atoms with Crippen LogP contribution in [0.25, 0.3) is 0 Å². The summed E-state index contributed by atoms with van der Waals surface area (Å²) in [6, 6.07) is 2.40. The monoisotopic (exact) mass is 266 g/mol. The Bertz CT molecular complexity index is 287. The van der Waals surface area contributed by atoms with Crippen LogP contribution >= 0.6 is 0 Å². The van der Waals surface area contributed by atoms with Crippen LogP contribution in [-0.4, -0.2) is 48.3 Å². The molecule has 19 heavy (non-hydrogen) atoms. The zero-order valence-electron chi connectivity index (χ0n) is 12.7. The van der Waals surface area contributed by atoms with E-state index >= 15 is 0 Å². The van der Waals surface area contributed by atoms with Crippen LogP contribution in [0.15, 0.2) is 0 Å². The van der Waals surface area contributed by atoms with Gasteiger partial charge < -0.3 is 10.1 Å². The fourth-order valence-corrected chi connectivity index (χ4v) is 4.79. The molecule has 0 radical (unpaired) electrons. The summed E-state index contributed by atoms with van der Waals surface area (Å²) in [5, 5.41) is 3.70. The Hall–Kier alpha value is -0.120. The molecule has 0 aromatic heterocycles. The quantitative estimate of drug-likeness (QED) is 0.849. The lowest BCUT2D eigenvalue weighted by atomic mass is 9.76. The Morgan fingerprint density at radius 1 is 1.16 bits per heavy atom. The molecule has 3 rings (SSSR count). The van der Waals surface area contributed by atoms with Crippen LogP contribution in [0.3, 0.4) is 0 Å². The highest BCUT2D eigenvalue weighted by Gasteiger charge is 2.46. The van der Waals surface area contributed by atoms with Gasteiger partial charge in [-0.3, -0.25) is 4.90 Å². The van der Waals surface area contributed by atoms with Gasteiger partial charge in [-0.25, -0.2) is 0 Å². The van der Waals surface area contributed by atoms with Gasteiger partial charge >= 0.3 is 0 Å². The van der Waals surface area contributed by atoms with Crippen LogP contribution in [0.4, 0.5) is 0 Å². The molecule has 0 aromatic rings. The highest BCUT2D eigenvalue weighted by atomic mass is 16.5. The number of piperidine rings is 2. The van der Waals surface area contributed by atoms with E-state index in [1.807, 2.05) is 0 Å². The molecule has 0 aromatic carbocycles. The van der Waals surface area contributed by atoms with Crippen molar-refractivity contribution in [1.29, 1.82) is 0 Å². The Morgan fingerprint density at radius 2 is 1.79 bits per heavy atom. The Morgan fingerprint density at radius 3 is 2.37 bits per heavy atom. The van der Waals surface area contributed by atoms with E-state index in [2.05, 4.69) is 24.1 Å². The molecule has 3 aliphatic heterocycles. The summed E-state index contributed by atoms with van der Waals surface area (Å²) >= 11 is 0. The first-order valence-corrected chi connectivity index (χ1v) is 8.32. The number of hydrogen-bond acceptors (Lipinski definition) is 3. The average Bonchev–Trinajstić information content (AvgIpc) is 2.39. The molecule has 3 aliphatic rings. The Labute approximate surface area is 118 Å². The Kier molecular flexibility index (Phi) is 4.16. The van der Waals surface area contributed by atoms with Crippen LogP contribution in [0.2, 0.25) is 0 Å². The molecule has 2 unspecified atom stereocenters. The summed E-state index contributed by atoms with van der Waals surface area (Å²) < 4.78 is 5.60. The van der Waals surface area contributed by atoms with Crippen LogP contribution in [-0.2, 0) is 4.74 Å². The topological polar surface area (TPSA) is 24.5 Å². The summed E-state index contributed by atoms with van der Waals surface area (Å²) in [5.74, 6) is 0. The van der Waals surface area contributed by atoms with Gasteiger partial charge in [0, 0.05) is 36.9 Å². The van der Waals surface area contributed by atoms with Gasteiger partial charge in [0.15, 0.2) is 0 Å². The standard InChI is InChI=1S/C16H30N2O/c1-3-17-13-11-14-5-4-6-15(12-13)18(14)16(2)7-9-19-10-8-16/h13-15,17H,3-12H2,1-2H3. The van der Waals surface area contributed by atoms with E-state index in [0.29, 0.717) is 5.54 Å². The van der Waals surface area contributed by atoms with Gasteiger partial charge in [0.25, 0.3) is 0 Å². The minimum Gasteiger partial charge on any atom is -0.381 e. The van der Waals surface area contributed by atoms with E-state index in [1.165, 1.54) is 44.9 Å². The van der Waals surface area contributed by atoms with Crippen molar-refractivity contribution in [1.82, 2.24) is 10.2 Å². The lowest BCUT2D eigenvalue weighted by Crippen LogP contribution is -2.65.